The Morgan fingerprint density at radius 1 is 0.850 bits per heavy atom. The second-order valence-electron chi connectivity index (χ2n) is 6.33. The summed E-state index contributed by atoms with van der Waals surface area (Å²) in [4.78, 5) is 4.52. The number of rotatable bonds is 4. The number of hydrogen-bond donors (Lipinski definition) is 2. The molecule has 2 rings (SSSR count). The van der Waals surface area contributed by atoms with Crippen molar-refractivity contribution in [3.8, 4) is 0 Å². The van der Waals surface area contributed by atoms with Crippen molar-refractivity contribution in [1.82, 2.24) is 9.80 Å². The largest absolute Gasteiger partial charge is 0.392 e. The first-order chi connectivity index (χ1) is 9.51. The lowest BCUT2D eigenvalue weighted by atomic mass is 10.1. The average Bonchev–Trinajstić information content (AvgIpc) is 3.06. The maximum atomic E-state index is 9.49. The van der Waals surface area contributed by atoms with Crippen LogP contribution < -0.4 is 0 Å². The normalized spacial score (nSPS) is 30.9. The summed E-state index contributed by atoms with van der Waals surface area (Å²) in [6.45, 7) is 6.39. The van der Waals surface area contributed by atoms with Gasteiger partial charge in [-0.1, -0.05) is 13.8 Å². The number of likely N-dealkylation sites (tertiary alicyclic amines) is 2. The fourth-order valence-electron chi connectivity index (χ4n) is 3.39. The molecule has 0 aromatic heterocycles. The summed E-state index contributed by atoms with van der Waals surface area (Å²) >= 11 is 0. The third-order valence-corrected chi connectivity index (χ3v) is 4.88. The van der Waals surface area contributed by atoms with E-state index in [0.717, 1.165) is 25.9 Å². The van der Waals surface area contributed by atoms with E-state index in [0.29, 0.717) is 12.1 Å². The molecule has 2 N–H and O–H groups in total. The molecule has 0 amide bonds. The van der Waals surface area contributed by atoms with Gasteiger partial charge in [-0.15, -0.1) is 0 Å². The molecule has 20 heavy (non-hydrogen) atoms. The topological polar surface area (TPSA) is 46.9 Å². The Morgan fingerprint density at radius 2 is 1.20 bits per heavy atom. The predicted molar refractivity (Wildman–Crippen MR) is 83.9 cm³/mol. The number of likely N-dealkylation sites (N-methyl/N-ethyl adjacent to an activating group) is 2. The lowest BCUT2D eigenvalue weighted by Gasteiger charge is -2.23. The number of aliphatic hydroxyl groups is 2. The van der Waals surface area contributed by atoms with Gasteiger partial charge in [0.15, 0.2) is 0 Å². The molecule has 120 valence electrons. The minimum atomic E-state index is -0.104. The summed E-state index contributed by atoms with van der Waals surface area (Å²) in [6, 6.07) is 0.870. The van der Waals surface area contributed by atoms with Crippen LogP contribution in [0.5, 0.6) is 0 Å². The number of nitrogens with zero attached hydrogens (tertiary/aromatic N) is 2. The number of hydrogen-bond acceptors (Lipinski definition) is 4. The second-order valence-corrected chi connectivity index (χ2v) is 6.33. The van der Waals surface area contributed by atoms with Crippen LogP contribution in [0.1, 0.15) is 52.4 Å². The van der Waals surface area contributed by atoms with Gasteiger partial charge in [0.2, 0.25) is 0 Å². The highest BCUT2D eigenvalue weighted by atomic mass is 16.3. The molecule has 4 heteroatoms. The minimum Gasteiger partial charge on any atom is -0.392 e. The zero-order valence-corrected chi connectivity index (χ0v) is 13.8. The van der Waals surface area contributed by atoms with Gasteiger partial charge in [-0.05, 0) is 65.7 Å². The van der Waals surface area contributed by atoms with E-state index in [1.165, 1.54) is 25.7 Å². The van der Waals surface area contributed by atoms with Crippen LogP contribution in [0.2, 0.25) is 0 Å². The standard InChI is InChI=1S/2C8H17NO/c2*1-3-8(10)7-5-4-6-9(7)2/h2*7-8,10H,3-6H2,1-2H3/t2*7-,8+/m10/s1. The summed E-state index contributed by atoms with van der Waals surface area (Å²) in [6.07, 6.45) is 6.40. The molecule has 0 spiro atoms. The van der Waals surface area contributed by atoms with Gasteiger partial charge in [0.05, 0.1) is 12.2 Å². The Kier molecular flexibility index (Phi) is 8.03. The Bertz CT molecular complexity index is 237. The van der Waals surface area contributed by atoms with Crippen molar-refractivity contribution < 1.29 is 10.2 Å². The summed E-state index contributed by atoms with van der Waals surface area (Å²) in [5.41, 5.74) is 0. The molecule has 2 saturated heterocycles. The predicted octanol–water partition coefficient (Wildman–Crippen LogP) is 1.70. The summed E-state index contributed by atoms with van der Waals surface area (Å²) in [7, 11) is 4.19. The van der Waals surface area contributed by atoms with Crippen molar-refractivity contribution in [3.05, 3.63) is 0 Å². The van der Waals surface area contributed by atoms with E-state index >= 15 is 0 Å². The van der Waals surface area contributed by atoms with Gasteiger partial charge >= 0.3 is 0 Å². The van der Waals surface area contributed by atoms with E-state index in [1.807, 2.05) is 13.8 Å². The molecule has 0 aromatic rings. The molecule has 0 radical (unpaired) electrons. The molecule has 0 unspecified atom stereocenters. The van der Waals surface area contributed by atoms with E-state index in [4.69, 9.17) is 0 Å². The van der Waals surface area contributed by atoms with Gasteiger partial charge in [-0.25, -0.2) is 0 Å². The quantitative estimate of drug-likeness (QED) is 0.826. The van der Waals surface area contributed by atoms with Crippen LogP contribution in [0.3, 0.4) is 0 Å². The van der Waals surface area contributed by atoms with Crippen LogP contribution in [0, 0.1) is 0 Å². The van der Waals surface area contributed by atoms with Crippen LogP contribution in [0.25, 0.3) is 0 Å². The van der Waals surface area contributed by atoms with Gasteiger partial charge < -0.3 is 20.0 Å². The molecule has 0 saturated carbocycles. The maximum absolute atomic E-state index is 9.49. The van der Waals surface area contributed by atoms with Crippen molar-refractivity contribution in [2.75, 3.05) is 27.2 Å². The van der Waals surface area contributed by atoms with Crippen LogP contribution in [0.15, 0.2) is 0 Å². The summed E-state index contributed by atoms with van der Waals surface area (Å²) < 4.78 is 0. The summed E-state index contributed by atoms with van der Waals surface area (Å²) in [5, 5.41) is 19.0. The monoisotopic (exact) mass is 286 g/mol. The van der Waals surface area contributed by atoms with Gasteiger partial charge in [-0.3, -0.25) is 0 Å². The van der Waals surface area contributed by atoms with Crippen molar-refractivity contribution in [2.45, 2.75) is 76.7 Å². The van der Waals surface area contributed by atoms with E-state index < -0.39 is 0 Å². The van der Waals surface area contributed by atoms with E-state index in [2.05, 4.69) is 23.9 Å². The Labute approximate surface area is 124 Å². The van der Waals surface area contributed by atoms with Crippen molar-refractivity contribution >= 4 is 0 Å². The highest BCUT2D eigenvalue weighted by molar-refractivity contribution is 4.82. The second kappa shape index (κ2) is 8.98. The lowest BCUT2D eigenvalue weighted by Crippen LogP contribution is -2.35. The maximum Gasteiger partial charge on any atom is 0.0692 e. The van der Waals surface area contributed by atoms with Crippen LogP contribution in [-0.2, 0) is 0 Å². The first kappa shape index (κ1) is 17.9. The van der Waals surface area contributed by atoms with Crippen LogP contribution >= 0.6 is 0 Å². The smallest absolute Gasteiger partial charge is 0.0692 e. The lowest BCUT2D eigenvalue weighted by molar-refractivity contribution is 0.0824. The molecule has 0 bridgehead atoms. The third-order valence-electron chi connectivity index (χ3n) is 4.88. The molecular formula is C16H34N2O2. The molecule has 2 aliphatic rings. The molecule has 0 aromatic carbocycles. The van der Waals surface area contributed by atoms with Crippen molar-refractivity contribution in [1.29, 1.82) is 0 Å². The van der Waals surface area contributed by atoms with Crippen LogP contribution in [-0.4, -0.2) is 71.5 Å². The SMILES string of the molecule is CC[C@@H](O)[C@@H]1CCCN1C.CC[C@H](O)[C@H]1CCCN1C. The first-order valence-corrected chi connectivity index (χ1v) is 8.27. The van der Waals surface area contributed by atoms with Gasteiger partial charge in [0.1, 0.15) is 0 Å². The van der Waals surface area contributed by atoms with E-state index in [1.54, 1.807) is 0 Å². The van der Waals surface area contributed by atoms with Crippen molar-refractivity contribution in [3.63, 3.8) is 0 Å². The zero-order valence-electron chi connectivity index (χ0n) is 13.8. The fraction of sp³-hybridized carbons (Fsp3) is 1.00. The average molecular weight is 286 g/mol. The zero-order chi connectivity index (χ0) is 15.1. The van der Waals surface area contributed by atoms with Crippen molar-refractivity contribution in [2.24, 2.45) is 0 Å². The highest BCUT2D eigenvalue weighted by Crippen LogP contribution is 2.19. The molecule has 4 atom stereocenters. The van der Waals surface area contributed by atoms with E-state index in [9.17, 15) is 10.2 Å². The van der Waals surface area contributed by atoms with E-state index in [-0.39, 0.29) is 12.2 Å². The first-order valence-electron chi connectivity index (χ1n) is 8.27. The molecule has 4 nitrogen and oxygen atoms in total. The Balaban J connectivity index is 0.000000200. The fourth-order valence-corrected chi connectivity index (χ4v) is 3.39. The number of aliphatic hydroxyl groups excluding tert-OH is 2. The molecule has 2 fully saturated rings. The van der Waals surface area contributed by atoms with Gasteiger partial charge in [-0.2, -0.15) is 0 Å². The molecule has 2 heterocycles. The van der Waals surface area contributed by atoms with Crippen LogP contribution in [0.4, 0.5) is 0 Å². The van der Waals surface area contributed by atoms with Gasteiger partial charge in [0, 0.05) is 12.1 Å². The molecule has 2 aliphatic heterocycles. The minimum absolute atomic E-state index is 0.104. The Morgan fingerprint density at radius 3 is 1.40 bits per heavy atom. The van der Waals surface area contributed by atoms with Gasteiger partial charge in [0.25, 0.3) is 0 Å². The molecular weight excluding hydrogens is 252 g/mol. The highest BCUT2D eigenvalue weighted by Gasteiger charge is 2.26. The Hall–Kier alpha value is -0.160. The summed E-state index contributed by atoms with van der Waals surface area (Å²) in [5.74, 6) is 0. The molecule has 0 aliphatic carbocycles. The third kappa shape index (κ3) is 4.99.